The van der Waals surface area contributed by atoms with E-state index in [0.29, 0.717) is 0 Å². The number of nitrogens with zero attached hydrogens (tertiary/aromatic N) is 6. The summed E-state index contributed by atoms with van der Waals surface area (Å²) in [4.78, 5) is 42.1. The molecular formula is C10H12N7O7P. The van der Waals surface area contributed by atoms with Crippen LogP contribution in [0.2, 0.25) is 0 Å². The number of hydrogen-bond donors (Lipinski definition) is 4. The van der Waals surface area contributed by atoms with E-state index in [4.69, 9.17) is 20.1 Å². The van der Waals surface area contributed by atoms with Crippen LogP contribution in [0.1, 0.15) is 6.23 Å². The number of H-pyrrole nitrogens is 1. The molecule has 1 aliphatic heterocycles. The zero-order valence-corrected chi connectivity index (χ0v) is 13.2. The first-order valence-corrected chi connectivity index (χ1v) is 8.33. The molecule has 0 bridgehead atoms. The number of aromatic nitrogens is 4. The van der Waals surface area contributed by atoms with Gasteiger partial charge >= 0.3 is 7.82 Å². The molecule has 134 valence electrons. The molecule has 4 N–H and O–H groups in total. The van der Waals surface area contributed by atoms with Crippen LogP contribution in [0.25, 0.3) is 21.6 Å². The summed E-state index contributed by atoms with van der Waals surface area (Å²) in [5.41, 5.74) is 8.34. The van der Waals surface area contributed by atoms with Gasteiger partial charge in [-0.3, -0.25) is 13.9 Å². The lowest BCUT2D eigenvalue weighted by Crippen LogP contribution is -2.32. The fourth-order valence-corrected chi connectivity index (χ4v) is 2.84. The number of ether oxygens (including phenoxy) is 1. The van der Waals surface area contributed by atoms with Crippen molar-refractivity contribution in [3.05, 3.63) is 33.5 Å². The Morgan fingerprint density at radius 1 is 1.52 bits per heavy atom. The van der Waals surface area contributed by atoms with Crippen molar-refractivity contribution in [2.24, 2.45) is 5.11 Å². The van der Waals surface area contributed by atoms with Crippen molar-refractivity contribution < 1.29 is 28.7 Å². The van der Waals surface area contributed by atoms with E-state index >= 15 is 0 Å². The molecule has 25 heavy (non-hydrogen) atoms. The number of aliphatic hydroxyl groups excluding tert-OH is 1. The molecular weight excluding hydrogens is 361 g/mol. The van der Waals surface area contributed by atoms with Crippen molar-refractivity contribution in [1.29, 1.82) is 0 Å². The van der Waals surface area contributed by atoms with Crippen molar-refractivity contribution in [3.63, 3.8) is 0 Å². The second-order valence-corrected chi connectivity index (χ2v) is 6.33. The topological polar surface area (TPSA) is 209 Å². The van der Waals surface area contributed by atoms with Crippen LogP contribution in [0.15, 0.2) is 22.6 Å². The molecule has 1 aliphatic rings. The molecule has 0 saturated carbocycles. The summed E-state index contributed by atoms with van der Waals surface area (Å²) in [5.74, 6) is 0. The maximum atomic E-state index is 11.7. The van der Waals surface area contributed by atoms with Crippen LogP contribution in [0.4, 0.5) is 0 Å². The van der Waals surface area contributed by atoms with Crippen molar-refractivity contribution in [1.82, 2.24) is 19.5 Å². The lowest BCUT2D eigenvalue weighted by molar-refractivity contribution is -0.0429. The Hall–Kier alpha value is -2.31. The number of rotatable bonds is 5. The van der Waals surface area contributed by atoms with Gasteiger partial charge in [0.25, 0.3) is 5.56 Å². The number of aromatic amines is 1. The number of imidazole rings is 1. The lowest BCUT2D eigenvalue weighted by Gasteiger charge is -2.16. The Kier molecular flexibility index (Phi) is 4.58. The average Bonchev–Trinajstić information content (AvgIpc) is 3.09. The molecule has 0 aromatic carbocycles. The smallest absolute Gasteiger partial charge is 0.390 e. The summed E-state index contributed by atoms with van der Waals surface area (Å²) in [7, 11) is -4.78. The Morgan fingerprint density at radius 3 is 2.96 bits per heavy atom. The molecule has 2 aromatic rings. The Morgan fingerprint density at radius 2 is 2.28 bits per heavy atom. The molecule has 14 nitrogen and oxygen atoms in total. The van der Waals surface area contributed by atoms with Crippen LogP contribution in [-0.4, -0.2) is 59.3 Å². The zero-order chi connectivity index (χ0) is 18.2. The second-order valence-electron chi connectivity index (χ2n) is 5.09. The monoisotopic (exact) mass is 373 g/mol. The number of azide groups is 1. The minimum absolute atomic E-state index is 0.00944. The molecule has 0 amide bonds. The minimum Gasteiger partial charge on any atom is -0.390 e. The molecule has 1 saturated heterocycles. The zero-order valence-electron chi connectivity index (χ0n) is 12.3. The van der Waals surface area contributed by atoms with Crippen LogP contribution < -0.4 is 5.56 Å². The van der Waals surface area contributed by atoms with Crippen molar-refractivity contribution in [2.45, 2.75) is 24.5 Å². The molecule has 3 heterocycles. The highest BCUT2D eigenvalue weighted by Crippen LogP contribution is 2.39. The maximum Gasteiger partial charge on any atom is 0.469 e. The first-order valence-electron chi connectivity index (χ1n) is 6.80. The van der Waals surface area contributed by atoms with E-state index in [1.165, 1.54) is 10.9 Å². The highest BCUT2D eigenvalue weighted by molar-refractivity contribution is 7.46. The van der Waals surface area contributed by atoms with Crippen LogP contribution in [-0.2, 0) is 13.8 Å². The molecule has 1 fully saturated rings. The van der Waals surface area contributed by atoms with E-state index < -0.39 is 44.5 Å². The highest BCUT2D eigenvalue weighted by Gasteiger charge is 2.45. The van der Waals surface area contributed by atoms with Gasteiger partial charge in [0, 0.05) is 4.91 Å². The van der Waals surface area contributed by atoms with Gasteiger partial charge in [0.15, 0.2) is 11.2 Å². The van der Waals surface area contributed by atoms with Crippen LogP contribution in [0, 0.1) is 0 Å². The summed E-state index contributed by atoms with van der Waals surface area (Å²) in [6.45, 7) is -0.639. The number of fused-ring (bicyclic) bond motifs is 1. The van der Waals surface area contributed by atoms with Gasteiger partial charge in [-0.25, -0.2) is 14.5 Å². The molecule has 4 unspecified atom stereocenters. The van der Waals surface area contributed by atoms with Crippen molar-refractivity contribution in [3.8, 4) is 0 Å². The van der Waals surface area contributed by atoms with Gasteiger partial charge < -0.3 is 24.6 Å². The van der Waals surface area contributed by atoms with Gasteiger partial charge in [0.1, 0.15) is 18.4 Å². The maximum absolute atomic E-state index is 11.7. The SMILES string of the molecule is [N-]=[N+]=NC1C(O)C(COP(=O)(O)O)OC1n1cnc2c(=O)[nH]cnc21. The number of hydrogen-bond acceptors (Lipinski definition) is 8. The van der Waals surface area contributed by atoms with Gasteiger partial charge in [0.2, 0.25) is 0 Å². The molecule has 4 atom stereocenters. The Bertz CT molecular complexity index is 931. The minimum atomic E-state index is -4.78. The third kappa shape index (κ3) is 3.41. The number of aliphatic hydroxyl groups is 1. The van der Waals surface area contributed by atoms with E-state index in [1.54, 1.807) is 0 Å². The quantitative estimate of drug-likeness (QED) is 0.223. The van der Waals surface area contributed by atoms with E-state index in [-0.39, 0.29) is 11.2 Å². The molecule has 0 radical (unpaired) electrons. The molecule has 2 aromatic heterocycles. The van der Waals surface area contributed by atoms with E-state index in [2.05, 4.69) is 29.5 Å². The third-order valence-corrected chi connectivity index (χ3v) is 4.05. The fourth-order valence-electron chi connectivity index (χ4n) is 2.50. The molecule has 0 spiro atoms. The average molecular weight is 373 g/mol. The number of nitrogens with one attached hydrogen (secondary N) is 1. The van der Waals surface area contributed by atoms with E-state index in [0.717, 1.165) is 6.33 Å². The number of phosphoric ester groups is 1. The van der Waals surface area contributed by atoms with E-state index in [9.17, 15) is 14.5 Å². The first-order chi connectivity index (χ1) is 11.8. The van der Waals surface area contributed by atoms with Gasteiger partial charge in [-0.05, 0) is 5.53 Å². The Balaban J connectivity index is 1.95. The summed E-state index contributed by atoms with van der Waals surface area (Å²) in [6.07, 6.45) is -1.34. The van der Waals surface area contributed by atoms with E-state index in [1.807, 2.05) is 0 Å². The summed E-state index contributed by atoms with van der Waals surface area (Å²) >= 11 is 0. The second kappa shape index (κ2) is 6.54. The standard InChI is InChI=1S/C10H12N7O7P/c11-16-15-5-7(18)4(1-23-25(20,21)22)24-10(5)17-3-14-6-8(17)12-2-13-9(6)19/h2-5,7,10,18H,1H2,(H,12,13,19)(H2,20,21,22). The van der Waals surface area contributed by atoms with Crippen molar-refractivity contribution >= 4 is 19.0 Å². The normalized spacial score (nSPS) is 26.7. The summed E-state index contributed by atoms with van der Waals surface area (Å²) in [5, 5.41) is 13.7. The molecule has 15 heteroatoms. The number of phosphoric acid groups is 1. The Labute approximate surface area is 137 Å². The summed E-state index contributed by atoms with van der Waals surface area (Å²) in [6, 6.07) is -1.16. The van der Waals surface area contributed by atoms with Gasteiger partial charge in [-0.1, -0.05) is 5.11 Å². The van der Waals surface area contributed by atoms with Crippen molar-refractivity contribution in [2.75, 3.05) is 6.61 Å². The largest absolute Gasteiger partial charge is 0.469 e. The van der Waals surface area contributed by atoms with Crippen LogP contribution in [0.5, 0.6) is 0 Å². The lowest BCUT2D eigenvalue weighted by atomic mass is 10.1. The first kappa shape index (κ1) is 17.5. The predicted molar refractivity (Wildman–Crippen MR) is 79.0 cm³/mol. The van der Waals surface area contributed by atoms with Crippen LogP contribution in [0.3, 0.4) is 0 Å². The van der Waals surface area contributed by atoms with Crippen LogP contribution >= 0.6 is 7.82 Å². The predicted octanol–water partition coefficient (Wildman–Crippen LogP) is -0.834. The van der Waals surface area contributed by atoms with Gasteiger partial charge in [0.05, 0.1) is 25.4 Å². The third-order valence-electron chi connectivity index (χ3n) is 3.57. The van der Waals surface area contributed by atoms with Gasteiger partial charge in [-0.2, -0.15) is 0 Å². The molecule has 0 aliphatic carbocycles. The fraction of sp³-hybridized carbons (Fsp3) is 0.500. The highest BCUT2D eigenvalue weighted by atomic mass is 31.2. The van der Waals surface area contributed by atoms with Gasteiger partial charge in [-0.15, -0.1) is 0 Å². The summed E-state index contributed by atoms with van der Waals surface area (Å²) < 4.78 is 21.9. The molecule has 3 rings (SSSR count).